The number of nitrogens with two attached hydrogens (primary N) is 1. The van der Waals surface area contributed by atoms with Crippen LogP contribution in [0.25, 0.3) is 12.2 Å². The Balaban J connectivity index is 0.00000192. The third kappa shape index (κ3) is 3.75. The van der Waals surface area contributed by atoms with Gasteiger partial charge >= 0.3 is 0 Å². The maximum absolute atomic E-state index is 10.7. The maximum Gasteiger partial charge on any atom is 0.270 e. The molecule has 1 aromatic heterocycles. The topological polar surface area (TPSA) is 108 Å². The first-order chi connectivity index (χ1) is 10.6. The van der Waals surface area contributed by atoms with Crippen molar-refractivity contribution in [2.75, 3.05) is 0 Å². The average molecular weight is 337 g/mol. The minimum absolute atomic E-state index is 0. The number of rotatable bonds is 4. The zero-order chi connectivity index (χ0) is 15.6. The second kappa shape index (κ2) is 6.89. The molecule has 122 valence electrons. The van der Waals surface area contributed by atoms with Gasteiger partial charge in [0.2, 0.25) is 0 Å². The van der Waals surface area contributed by atoms with Gasteiger partial charge in [-0.05, 0) is 24.5 Å². The van der Waals surface area contributed by atoms with Crippen LogP contribution in [0.3, 0.4) is 0 Å². The van der Waals surface area contributed by atoms with E-state index in [9.17, 15) is 10.1 Å². The van der Waals surface area contributed by atoms with Crippen molar-refractivity contribution >= 4 is 30.2 Å². The number of benzene rings is 1. The molecule has 2 N–H and O–H groups in total. The lowest BCUT2D eigenvalue weighted by Crippen LogP contribution is -2.34. The number of nitro benzene ring substituents is 1. The predicted molar refractivity (Wildman–Crippen MR) is 87.9 cm³/mol. The van der Waals surface area contributed by atoms with Gasteiger partial charge in [0.1, 0.15) is 0 Å². The van der Waals surface area contributed by atoms with Crippen molar-refractivity contribution in [3.8, 4) is 0 Å². The monoisotopic (exact) mass is 336 g/mol. The molecule has 0 atom stereocenters. The summed E-state index contributed by atoms with van der Waals surface area (Å²) in [6.45, 7) is 0. The molecular formula is C15H17ClN4O3. The number of nitro groups is 1. The summed E-state index contributed by atoms with van der Waals surface area (Å²) in [6.07, 6.45) is 7.20. The van der Waals surface area contributed by atoms with Crippen LogP contribution in [0.1, 0.15) is 43.0 Å². The van der Waals surface area contributed by atoms with Gasteiger partial charge in [0.15, 0.2) is 5.82 Å². The Labute approximate surface area is 139 Å². The van der Waals surface area contributed by atoms with E-state index in [4.69, 9.17) is 10.3 Å². The van der Waals surface area contributed by atoms with Gasteiger partial charge in [-0.15, -0.1) is 12.4 Å². The van der Waals surface area contributed by atoms with E-state index >= 15 is 0 Å². The largest absolute Gasteiger partial charge is 0.335 e. The Bertz CT molecular complexity index is 723. The zero-order valence-corrected chi connectivity index (χ0v) is 13.2. The van der Waals surface area contributed by atoms with Gasteiger partial charge in [-0.25, -0.2) is 0 Å². The second-order valence-electron chi connectivity index (χ2n) is 5.50. The lowest BCUT2D eigenvalue weighted by atomic mass is 9.99. The van der Waals surface area contributed by atoms with E-state index in [1.807, 2.05) is 0 Å². The molecule has 1 aromatic carbocycles. The maximum atomic E-state index is 10.7. The van der Waals surface area contributed by atoms with Crippen LogP contribution in [0, 0.1) is 10.1 Å². The fourth-order valence-electron chi connectivity index (χ4n) is 2.64. The number of hydrogen-bond donors (Lipinski definition) is 1. The quantitative estimate of drug-likeness (QED) is 0.677. The second-order valence-corrected chi connectivity index (χ2v) is 5.50. The van der Waals surface area contributed by atoms with E-state index in [2.05, 4.69) is 10.1 Å². The van der Waals surface area contributed by atoms with Crippen molar-refractivity contribution in [1.29, 1.82) is 0 Å². The van der Waals surface area contributed by atoms with Crippen molar-refractivity contribution in [1.82, 2.24) is 10.1 Å². The Morgan fingerprint density at radius 2 is 2.04 bits per heavy atom. The van der Waals surface area contributed by atoms with Crippen molar-refractivity contribution in [2.24, 2.45) is 5.73 Å². The molecule has 7 nitrogen and oxygen atoms in total. The molecule has 0 amide bonds. The Hall–Kier alpha value is -2.25. The summed E-state index contributed by atoms with van der Waals surface area (Å²) >= 11 is 0. The molecule has 0 bridgehead atoms. The number of hydrogen-bond acceptors (Lipinski definition) is 6. The molecule has 23 heavy (non-hydrogen) atoms. The lowest BCUT2D eigenvalue weighted by Gasteiger charge is -2.17. The molecule has 1 aliphatic carbocycles. The van der Waals surface area contributed by atoms with E-state index in [1.54, 1.807) is 24.3 Å². The third-order valence-corrected chi connectivity index (χ3v) is 3.88. The highest BCUT2D eigenvalue weighted by atomic mass is 35.5. The normalized spacial score (nSPS) is 16.4. The van der Waals surface area contributed by atoms with Crippen LogP contribution in [0.15, 0.2) is 28.8 Å². The molecule has 3 rings (SSSR count). The Morgan fingerprint density at radius 1 is 1.30 bits per heavy atom. The van der Waals surface area contributed by atoms with Crippen LogP contribution in [-0.4, -0.2) is 15.1 Å². The number of halogens is 1. The fraction of sp³-hybridized carbons (Fsp3) is 0.333. The van der Waals surface area contributed by atoms with E-state index < -0.39 is 10.5 Å². The summed E-state index contributed by atoms with van der Waals surface area (Å²) in [7, 11) is 0. The lowest BCUT2D eigenvalue weighted by molar-refractivity contribution is -0.384. The number of aromatic nitrogens is 2. The van der Waals surface area contributed by atoms with Crippen molar-refractivity contribution in [3.05, 3.63) is 51.7 Å². The number of nitrogens with zero attached hydrogens (tertiary/aromatic N) is 3. The van der Waals surface area contributed by atoms with Crippen LogP contribution >= 0.6 is 12.4 Å². The smallest absolute Gasteiger partial charge is 0.270 e. The highest BCUT2D eigenvalue weighted by Gasteiger charge is 2.35. The third-order valence-electron chi connectivity index (χ3n) is 3.88. The first-order valence-electron chi connectivity index (χ1n) is 7.12. The van der Waals surface area contributed by atoms with Crippen molar-refractivity contribution in [2.45, 2.75) is 31.2 Å². The van der Waals surface area contributed by atoms with E-state index in [0.717, 1.165) is 25.7 Å². The molecule has 1 heterocycles. The van der Waals surface area contributed by atoms with Gasteiger partial charge in [-0.2, -0.15) is 4.98 Å². The molecule has 0 spiro atoms. The summed E-state index contributed by atoms with van der Waals surface area (Å²) in [6, 6.07) is 6.32. The molecule has 0 radical (unpaired) electrons. The minimum Gasteiger partial charge on any atom is -0.335 e. The van der Waals surface area contributed by atoms with E-state index in [1.165, 1.54) is 12.1 Å². The molecule has 1 fully saturated rings. The van der Waals surface area contributed by atoms with Crippen molar-refractivity contribution in [3.63, 3.8) is 0 Å². The predicted octanol–water partition coefficient (Wildman–Crippen LogP) is 3.30. The van der Waals surface area contributed by atoms with Crippen LogP contribution in [0.5, 0.6) is 0 Å². The van der Waals surface area contributed by atoms with Gasteiger partial charge in [0, 0.05) is 18.2 Å². The SMILES string of the molecule is Cl.NC1(c2noc(/C=C/c3cccc([N+](=O)[O-])c3)n2)CCCC1. The average Bonchev–Trinajstić information content (AvgIpc) is 3.15. The zero-order valence-electron chi connectivity index (χ0n) is 12.3. The number of non-ortho nitro benzene ring substituents is 1. The summed E-state index contributed by atoms with van der Waals surface area (Å²) in [5, 5.41) is 14.7. The summed E-state index contributed by atoms with van der Waals surface area (Å²) in [4.78, 5) is 14.6. The molecule has 0 unspecified atom stereocenters. The van der Waals surface area contributed by atoms with Gasteiger partial charge < -0.3 is 10.3 Å². The van der Waals surface area contributed by atoms with Gasteiger partial charge in [-0.1, -0.05) is 30.1 Å². The first kappa shape index (κ1) is 17.1. The van der Waals surface area contributed by atoms with Crippen LogP contribution in [0.4, 0.5) is 5.69 Å². The molecular weight excluding hydrogens is 320 g/mol. The van der Waals surface area contributed by atoms with Crippen LogP contribution in [0.2, 0.25) is 0 Å². The van der Waals surface area contributed by atoms with Crippen LogP contribution < -0.4 is 5.73 Å². The van der Waals surface area contributed by atoms with Crippen LogP contribution in [-0.2, 0) is 5.54 Å². The molecule has 2 aromatic rings. The Kier molecular flexibility index (Phi) is 5.12. The molecule has 0 aliphatic heterocycles. The minimum atomic E-state index is -0.485. The highest BCUT2D eigenvalue weighted by molar-refractivity contribution is 5.85. The first-order valence-corrected chi connectivity index (χ1v) is 7.12. The highest BCUT2D eigenvalue weighted by Crippen LogP contribution is 2.34. The van der Waals surface area contributed by atoms with Gasteiger partial charge in [0.05, 0.1) is 10.5 Å². The van der Waals surface area contributed by atoms with Crippen molar-refractivity contribution < 1.29 is 9.45 Å². The summed E-state index contributed by atoms with van der Waals surface area (Å²) in [5.41, 5.74) is 6.52. The molecule has 8 heteroatoms. The van der Waals surface area contributed by atoms with Gasteiger partial charge in [0.25, 0.3) is 11.6 Å². The van der Waals surface area contributed by atoms with E-state index in [-0.39, 0.29) is 18.1 Å². The van der Waals surface area contributed by atoms with Gasteiger partial charge in [-0.3, -0.25) is 10.1 Å². The Morgan fingerprint density at radius 3 is 2.74 bits per heavy atom. The molecule has 0 saturated heterocycles. The molecule has 1 saturated carbocycles. The fourth-order valence-corrected chi connectivity index (χ4v) is 2.64. The molecule has 1 aliphatic rings. The van der Waals surface area contributed by atoms with E-state index in [0.29, 0.717) is 17.3 Å². The summed E-state index contributed by atoms with van der Waals surface area (Å²) < 4.78 is 5.18. The standard InChI is InChI=1S/C15H16N4O3.ClH/c16-15(8-1-2-9-15)14-17-13(22-18-14)7-6-11-4-3-5-12(10-11)19(20)21;/h3-7,10H,1-2,8-9,16H2;1H/b7-6+;. The summed E-state index contributed by atoms with van der Waals surface area (Å²) in [5.74, 6) is 0.877.